The molecule has 0 unspecified atom stereocenters. The van der Waals surface area contributed by atoms with Crippen LogP contribution in [0.4, 0.5) is 5.82 Å². The van der Waals surface area contributed by atoms with Crippen LogP contribution in [-0.2, 0) is 11.8 Å². The molecule has 0 bridgehead atoms. The van der Waals surface area contributed by atoms with E-state index in [4.69, 9.17) is 4.98 Å². The van der Waals surface area contributed by atoms with Crippen molar-refractivity contribution in [3.63, 3.8) is 0 Å². The maximum absolute atomic E-state index is 13.4. The van der Waals surface area contributed by atoms with Crippen LogP contribution in [0.3, 0.4) is 0 Å². The number of carbonyl (C=O) groups is 1. The topological polar surface area (TPSA) is 92.1 Å². The van der Waals surface area contributed by atoms with Crippen molar-refractivity contribution >= 4 is 28.1 Å². The molecule has 1 amide bonds. The zero-order valence-electron chi connectivity index (χ0n) is 16.5. The van der Waals surface area contributed by atoms with E-state index in [1.165, 1.54) is 0 Å². The quantitative estimate of drug-likeness (QED) is 0.530. The van der Waals surface area contributed by atoms with Crippen LogP contribution in [0, 0.1) is 22.7 Å². The van der Waals surface area contributed by atoms with Gasteiger partial charge in [0.15, 0.2) is 5.82 Å². The van der Waals surface area contributed by atoms with Crippen LogP contribution in [0.1, 0.15) is 19.3 Å². The van der Waals surface area contributed by atoms with Crippen LogP contribution in [0.25, 0.3) is 27.7 Å². The summed E-state index contributed by atoms with van der Waals surface area (Å²) in [6.07, 6.45) is 7.86. The van der Waals surface area contributed by atoms with Gasteiger partial charge in [-0.3, -0.25) is 14.4 Å². The summed E-state index contributed by atoms with van der Waals surface area (Å²) in [6, 6.07) is 10.3. The van der Waals surface area contributed by atoms with Gasteiger partial charge in [-0.05, 0) is 43.4 Å². The van der Waals surface area contributed by atoms with Crippen LogP contribution < -0.4 is 4.90 Å². The molecule has 0 radical (unpaired) electrons. The lowest BCUT2D eigenvalue weighted by Crippen LogP contribution is -2.36. The Morgan fingerprint density at radius 3 is 2.87 bits per heavy atom. The van der Waals surface area contributed by atoms with E-state index in [0.29, 0.717) is 18.8 Å². The Morgan fingerprint density at radius 2 is 2.07 bits per heavy atom. The molecule has 0 N–H and O–H groups in total. The second-order valence-corrected chi connectivity index (χ2v) is 8.22. The van der Waals surface area contributed by atoms with Crippen molar-refractivity contribution < 1.29 is 4.79 Å². The van der Waals surface area contributed by atoms with Crippen LogP contribution in [0.15, 0.2) is 42.9 Å². The molecule has 1 aliphatic carbocycles. The molecule has 3 aromatic heterocycles. The summed E-state index contributed by atoms with van der Waals surface area (Å²) < 4.78 is 3.58. The van der Waals surface area contributed by atoms with Crippen LogP contribution in [0.5, 0.6) is 0 Å². The molecule has 1 aromatic carbocycles. The van der Waals surface area contributed by atoms with Crippen molar-refractivity contribution in [2.24, 2.45) is 18.4 Å². The fourth-order valence-corrected chi connectivity index (χ4v) is 4.66. The average molecular weight is 397 g/mol. The van der Waals surface area contributed by atoms with Crippen molar-refractivity contribution in [1.29, 1.82) is 5.26 Å². The first-order valence-corrected chi connectivity index (χ1v) is 10.1. The first-order chi connectivity index (χ1) is 14.6. The van der Waals surface area contributed by atoms with E-state index < -0.39 is 5.41 Å². The van der Waals surface area contributed by atoms with Gasteiger partial charge in [0.05, 0.1) is 35.9 Å². The Morgan fingerprint density at radius 1 is 1.20 bits per heavy atom. The van der Waals surface area contributed by atoms with Crippen molar-refractivity contribution in [3.05, 3.63) is 42.9 Å². The molecular weight excluding hydrogens is 378 g/mol. The molecule has 8 heteroatoms. The maximum atomic E-state index is 13.4. The van der Waals surface area contributed by atoms with Crippen molar-refractivity contribution in [2.45, 2.75) is 19.3 Å². The molecule has 8 nitrogen and oxygen atoms in total. The molecule has 148 valence electrons. The number of aromatic nitrogens is 5. The number of amides is 1. The number of anilines is 1. The fraction of sp³-hybridized carbons (Fsp3) is 0.318. The Hall–Kier alpha value is -3.73. The lowest BCUT2D eigenvalue weighted by Gasteiger charge is -2.21. The summed E-state index contributed by atoms with van der Waals surface area (Å²) in [6.45, 7) is 0.502. The zero-order valence-corrected chi connectivity index (χ0v) is 16.5. The highest BCUT2D eigenvalue weighted by atomic mass is 16.2. The molecule has 0 spiro atoms. The standard InChI is InChI=1S/C22H19N7O/c1-27-18-5-2-14(10-15(18)11-25-27)17-12-29-19(6-8-24-29)20(26-17)28-9-7-22(13-23,21(28)30)16-3-4-16/h2,5-6,8,10-12,16H,3-4,7,9H2,1H3/t22-/m1/s1. The lowest BCUT2D eigenvalue weighted by atomic mass is 9.83. The lowest BCUT2D eigenvalue weighted by molar-refractivity contribution is -0.123. The second kappa shape index (κ2) is 5.89. The summed E-state index contributed by atoms with van der Waals surface area (Å²) in [5.41, 5.74) is 2.55. The Bertz CT molecular complexity index is 1370. The first kappa shape index (κ1) is 17.2. The number of nitriles is 1. The predicted molar refractivity (Wildman–Crippen MR) is 110 cm³/mol. The zero-order chi connectivity index (χ0) is 20.5. The van der Waals surface area contributed by atoms with Gasteiger partial charge < -0.3 is 0 Å². The summed E-state index contributed by atoms with van der Waals surface area (Å²) >= 11 is 0. The second-order valence-electron chi connectivity index (χ2n) is 8.22. The van der Waals surface area contributed by atoms with Crippen molar-refractivity contribution in [3.8, 4) is 17.3 Å². The normalized spacial score (nSPS) is 21.6. The Labute approximate surface area is 172 Å². The third-order valence-corrected chi connectivity index (χ3v) is 6.50. The number of rotatable bonds is 3. The number of hydrogen-bond acceptors (Lipinski definition) is 5. The van der Waals surface area contributed by atoms with Crippen LogP contribution in [-0.4, -0.2) is 36.8 Å². The molecule has 4 aromatic rings. The van der Waals surface area contributed by atoms with Crippen molar-refractivity contribution in [2.75, 3.05) is 11.4 Å². The van der Waals surface area contributed by atoms with Gasteiger partial charge >= 0.3 is 0 Å². The highest BCUT2D eigenvalue weighted by molar-refractivity contribution is 6.04. The smallest absolute Gasteiger partial charge is 0.249 e. The molecule has 1 saturated carbocycles. The number of benzene rings is 1. The van der Waals surface area contributed by atoms with E-state index in [0.717, 1.165) is 40.5 Å². The van der Waals surface area contributed by atoms with Gasteiger partial charge in [-0.25, -0.2) is 9.50 Å². The minimum Gasteiger partial charge on any atom is -0.294 e. The van der Waals surface area contributed by atoms with E-state index >= 15 is 0 Å². The van der Waals surface area contributed by atoms with Gasteiger partial charge in [0.2, 0.25) is 5.91 Å². The minimum atomic E-state index is -0.899. The maximum Gasteiger partial charge on any atom is 0.249 e. The largest absolute Gasteiger partial charge is 0.294 e. The third kappa shape index (κ3) is 2.26. The van der Waals surface area contributed by atoms with Gasteiger partial charge in [-0.15, -0.1) is 0 Å². The van der Waals surface area contributed by atoms with E-state index in [-0.39, 0.29) is 11.8 Å². The molecule has 1 aliphatic heterocycles. The van der Waals surface area contributed by atoms with Gasteiger partial charge in [-0.1, -0.05) is 6.07 Å². The van der Waals surface area contributed by atoms with E-state index in [2.05, 4.69) is 16.3 Å². The number of nitrogens with zero attached hydrogens (tertiary/aromatic N) is 7. The average Bonchev–Trinajstić information content (AvgIpc) is 3.25. The van der Waals surface area contributed by atoms with Crippen LogP contribution in [0.2, 0.25) is 0 Å². The molecule has 1 atom stereocenters. The summed E-state index contributed by atoms with van der Waals surface area (Å²) in [7, 11) is 1.91. The van der Waals surface area contributed by atoms with E-state index in [9.17, 15) is 10.1 Å². The van der Waals surface area contributed by atoms with Gasteiger partial charge in [-0.2, -0.15) is 15.5 Å². The summed E-state index contributed by atoms with van der Waals surface area (Å²) in [5, 5.41) is 19.5. The highest BCUT2D eigenvalue weighted by Gasteiger charge is 2.57. The van der Waals surface area contributed by atoms with Crippen molar-refractivity contribution in [1.82, 2.24) is 24.4 Å². The van der Waals surface area contributed by atoms with Gasteiger partial charge in [0.25, 0.3) is 0 Å². The molecule has 2 fully saturated rings. The number of hydrogen-bond donors (Lipinski definition) is 0. The molecule has 1 saturated heterocycles. The number of aryl methyl sites for hydroxylation is 1. The molecule has 4 heterocycles. The van der Waals surface area contributed by atoms with E-state index in [1.54, 1.807) is 15.6 Å². The molecular formula is C22H19N7O. The predicted octanol–water partition coefficient (Wildman–Crippen LogP) is 2.94. The SMILES string of the molecule is Cn1ncc2cc(-c3cn4nccc4c(N4CC[C@@](C#N)(C5CC5)C4=O)n3)ccc21. The summed E-state index contributed by atoms with van der Waals surface area (Å²) in [4.78, 5) is 19.9. The Kier molecular flexibility index (Phi) is 3.37. The van der Waals surface area contributed by atoms with Gasteiger partial charge in [0.1, 0.15) is 10.9 Å². The molecule has 6 rings (SSSR count). The van der Waals surface area contributed by atoms with E-state index in [1.807, 2.05) is 48.4 Å². The highest BCUT2D eigenvalue weighted by Crippen LogP contribution is 2.52. The monoisotopic (exact) mass is 397 g/mol. The molecule has 30 heavy (non-hydrogen) atoms. The first-order valence-electron chi connectivity index (χ1n) is 10.1. The Balaban J connectivity index is 1.49. The number of carbonyl (C=O) groups excluding carboxylic acids is 1. The fourth-order valence-electron chi connectivity index (χ4n) is 4.66. The third-order valence-electron chi connectivity index (χ3n) is 6.50. The summed E-state index contributed by atoms with van der Waals surface area (Å²) in [5.74, 6) is 0.624. The number of fused-ring (bicyclic) bond motifs is 2. The van der Waals surface area contributed by atoms with Gasteiger partial charge in [0, 0.05) is 24.5 Å². The molecule has 2 aliphatic rings. The van der Waals surface area contributed by atoms with Crippen LogP contribution >= 0.6 is 0 Å². The minimum absolute atomic E-state index is 0.122.